The van der Waals surface area contributed by atoms with Crippen LogP contribution in [0.3, 0.4) is 0 Å². The summed E-state index contributed by atoms with van der Waals surface area (Å²) in [6, 6.07) is 24.9. The molecule has 4 rings (SSSR count). The van der Waals surface area contributed by atoms with Crippen molar-refractivity contribution in [2.24, 2.45) is 0 Å². The van der Waals surface area contributed by atoms with Crippen LogP contribution in [-0.4, -0.2) is 14.9 Å². The molecule has 0 bridgehead atoms. The van der Waals surface area contributed by atoms with E-state index in [1.54, 1.807) is 41.0 Å². The maximum Gasteiger partial charge on any atom is 0.331 e. The smallest absolute Gasteiger partial charge is 0.297 e. The fourth-order valence-electron chi connectivity index (χ4n) is 4.80. The number of rotatable bonds is 11. The van der Waals surface area contributed by atoms with E-state index >= 15 is 0 Å². The van der Waals surface area contributed by atoms with Crippen molar-refractivity contribution in [2.45, 2.75) is 58.5 Å². The Morgan fingerprint density at radius 1 is 0.789 bits per heavy atom. The van der Waals surface area contributed by atoms with Gasteiger partial charge >= 0.3 is 5.69 Å². The van der Waals surface area contributed by atoms with Gasteiger partial charge in [-0.1, -0.05) is 86.6 Å². The molecule has 4 aromatic rings. The van der Waals surface area contributed by atoms with Crippen molar-refractivity contribution in [2.75, 3.05) is 0 Å². The average molecular weight is 513 g/mol. The summed E-state index contributed by atoms with van der Waals surface area (Å²) < 4.78 is 16.0. The first-order valence-electron chi connectivity index (χ1n) is 13.1. The summed E-state index contributed by atoms with van der Waals surface area (Å²) >= 11 is 0. The molecule has 38 heavy (non-hydrogen) atoms. The van der Waals surface area contributed by atoms with Gasteiger partial charge in [-0.25, -0.2) is 9.18 Å². The van der Waals surface area contributed by atoms with Crippen LogP contribution in [-0.2, 0) is 25.9 Å². The van der Waals surface area contributed by atoms with Gasteiger partial charge in [0.15, 0.2) is 5.78 Å². The van der Waals surface area contributed by atoms with Crippen LogP contribution in [0.25, 0.3) is 0 Å². The Hall–Kier alpha value is -4.06. The first-order chi connectivity index (χ1) is 18.3. The lowest BCUT2D eigenvalue weighted by atomic mass is 9.97. The highest BCUT2D eigenvalue weighted by Gasteiger charge is 2.23. The molecule has 0 saturated carbocycles. The molecule has 0 aliphatic heterocycles. The van der Waals surface area contributed by atoms with Gasteiger partial charge in [-0.15, -0.1) is 0 Å². The summed E-state index contributed by atoms with van der Waals surface area (Å²) in [6.07, 6.45) is 2.69. The summed E-state index contributed by atoms with van der Waals surface area (Å²) in [4.78, 5) is 40.4. The molecule has 3 aromatic carbocycles. The predicted molar refractivity (Wildman–Crippen MR) is 148 cm³/mol. The van der Waals surface area contributed by atoms with Gasteiger partial charge in [-0.2, -0.15) is 0 Å². The van der Waals surface area contributed by atoms with Crippen LogP contribution in [0.2, 0.25) is 0 Å². The third kappa shape index (κ3) is 6.43. The lowest BCUT2D eigenvalue weighted by molar-refractivity contribution is 0.0968. The van der Waals surface area contributed by atoms with Crippen molar-refractivity contribution in [3.63, 3.8) is 0 Å². The van der Waals surface area contributed by atoms with Gasteiger partial charge < -0.3 is 0 Å². The highest BCUT2D eigenvalue weighted by molar-refractivity contribution is 5.95. The van der Waals surface area contributed by atoms with E-state index in [0.29, 0.717) is 36.2 Å². The van der Waals surface area contributed by atoms with E-state index in [-0.39, 0.29) is 24.1 Å². The van der Waals surface area contributed by atoms with Crippen molar-refractivity contribution in [1.29, 1.82) is 0 Å². The van der Waals surface area contributed by atoms with E-state index in [1.165, 1.54) is 12.1 Å². The van der Waals surface area contributed by atoms with Crippen LogP contribution in [0.15, 0.2) is 94.5 Å². The molecule has 5 nitrogen and oxygen atoms in total. The molecule has 0 amide bonds. The Morgan fingerprint density at radius 3 is 2.05 bits per heavy atom. The summed E-state index contributed by atoms with van der Waals surface area (Å²) in [6.45, 7) is 4.00. The summed E-state index contributed by atoms with van der Waals surface area (Å²) in [5, 5.41) is 0. The molecule has 0 atom stereocenters. The number of unbranched alkanes of at least 4 members (excludes halogenated alkanes) is 1. The largest absolute Gasteiger partial charge is 0.331 e. The van der Waals surface area contributed by atoms with Crippen LogP contribution in [0.5, 0.6) is 0 Å². The minimum Gasteiger partial charge on any atom is -0.297 e. The fourth-order valence-corrected chi connectivity index (χ4v) is 4.80. The molecule has 0 unspecified atom stereocenters. The SMILES string of the molecule is CC(C)c1c(Cc2ccccc2)n(CCCCc2ccc(F)cc2)c(=O)n(CC(=O)c2ccccc2)c1=O. The van der Waals surface area contributed by atoms with Gasteiger partial charge in [-0.3, -0.25) is 18.7 Å². The number of ketones is 1. The number of carbonyl (C=O) groups is 1. The van der Waals surface area contributed by atoms with Crippen molar-refractivity contribution < 1.29 is 9.18 Å². The highest BCUT2D eigenvalue weighted by atomic mass is 19.1. The number of benzene rings is 3. The molecule has 0 N–H and O–H groups in total. The first kappa shape index (κ1) is 27.0. The number of aromatic nitrogens is 2. The molecule has 0 aliphatic rings. The molecule has 0 spiro atoms. The Bertz CT molecular complexity index is 1490. The minimum atomic E-state index is -0.462. The Morgan fingerprint density at radius 2 is 1.42 bits per heavy atom. The van der Waals surface area contributed by atoms with Crippen LogP contribution < -0.4 is 11.2 Å². The summed E-state index contributed by atoms with van der Waals surface area (Å²) in [5.41, 5.74) is 2.90. The Balaban J connectivity index is 1.71. The topological polar surface area (TPSA) is 61.1 Å². The van der Waals surface area contributed by atoms with Crippen molar-refractivity contribution in [1.82, 2.24) is 9.13 Å². The lowest BCUT2D eigenvalue weighted by Crippen LogP contribution is -2.45. The molecule has 196 valence electrons. The highest BCUT2D eigenvalue weighted by Crippen LogP contribution is 2.19. The van der Waals surface area contributed by atoms with Gasteiger partial charge in [0.2, 0.25) is 0 Å². The molecule has 0 aliphatic carbocycles. The summed E-state index contributed by atoms with van der Waals surface area (Å²) in [5.74, 6) is -0.678. The monoisotopic (exact) mass is 512 g/mol. The maximum atomic E-state index is 13.8. The zero-order chi connectivity index (χ0) is 27.1. The zero-order valence-electron chi connectivity index (χ0n) is 21.9. The van der Waals surface area contributed by atoms with Crippen molar-refractivity contribution in [3.8, 4) is 0 Å². The number of aryl methyl sites for hydroxylation is 1. The number of carbonyl (C=O) groups excluding carboxylic acids is 1. The Labute approximate surface area is 222 Å². The predicted octanol–water partition coefficient (Wildman–Crippen LogP) is 5.77. The zero-order valence-corrected chi connectivity index (χ0v) is 21.9. The molecule has 1 aromatic heterocycles. The molecule has 0 saturated heterocycles. The van der Waals surface area contributed by atoms with E-state index in [4.69, 9.17) is 0 Å². The number of halogens is 1. The maximum absolute atomic E-state index is 13.8. The molecule has 0 fully saturated rings. The third-order valence-corrected chi connectivity index (χ3v) is 6.77. The normalized spacial score (nSPS) is 11.2. The minimum absolute atomic E-state index is 0.134. The molecular weight excluding hydrogens is 479 g/mol. The van der Waals surface area contributed by atoms with Gasteiger partial charge in [0.25, 0.3) is 5.56 Å². The van der Waals surface area contributed by atoms with E-state index in [1.807, 2.05) is 50.2 Å². The van der Waals surface area contributed by atoms with Crippen molar-refractivity contribution >= 4 is 5.78 Å². The second-order valence-corrected chi connectivity index (χ2v) is 9.88. The second-order valence-electron chi connectivity index (χ2n) is 9.88. The van der Waals surface area contributed by atoms with Gasteiger partial charge in [0, 0.05) is 29.8 Å². The van der Waals surface area contributed by atoms with Crippen LogP contribution in [0.4, 0.5) is 4.39 Å². The summed E-state index contributed by atoms with van der Waals surface area (Å²) in [7, 11) is 0. The lowest BCUT2D eigenvalue weighted by Gasteiger charge is -2.21. The van der Waals surface area contributed by atoms with Crippen LogP contribution >= 0.6 is 0 Å². The van der Waals surface area contributed by atoms with E-state index in [9.17, 15) is 18.8 Å². The molecule has 1 heterocycles. The second kappa shape index (κ2) is 12.5. The molecule has 6 heteroatoms. The third-order valence-electron chi connectivity index (χ3n) is 6.77. The Kier molecular flexibility index (Phi) is 8.85. The van der Waals surface area contributed by atoms with E-state index in [0.717, 1.165) is 28.5 Å². The van der Waals surface area contributed by atoms with Crippen LogP contribution in [0, 0.1) is 5.82 Å². The standard InChI is InChI=1S/C32H33FN2O3/c1-23(2)30-28(21-25-12-5-3-6-13-25)34(20-10-9-11-24-16-18-27(33)19-17-24)32(38)35(31(30)37)22-29(36)26-14-7-4-8-15-26/h3-8,12-19,23H,9-11,20-22H2,1-2H3. The van der Waals surface area contributed by atoms with Crippen molar-refractivity contribution in [3.05, 3.63) is 140 Å². The first-order valence-corrected chi connectivity index (χ1v) is 13.1. The molecular formula is C32H33FN2O3. The number of hydrogen-bond donors (Lipinski definition) is 0. The average Bonchev–Trinajstić information content (AvgIpc) is 2.92. The fraction of sp³-hybridized carbons (Fsp3) is 0.281. The van der Waals surface area contributed by atoms with Gasteiger partial charge in [0.1, 0.15) is 5.82 Å². The van der Waals surface area contributed by atoms with E-state index in [2.05, 4.69) is 0 Å². The number of hydrogen-bond acceptors (Lipinski definition) is 3. The van der Waals surface area contributed by atoms with Gasteiger partial charge in [0.05, 0.1) is 6.54 Å². The molecule has 0 radical (unpaired) electrons. The number of nitrogens with zero attached hydrogens (tertiary/aromatic N) is 2. The van der Waals surface area contributed by atoms with E-state index < -0.39 is 11.2 Å². The quantitative estimate of drug-likeness (QED) is 0.189. The van der Waals surface area contributed by atoms with Crippen LogP contribution in [0.1, 0.15) is 65.3 Å². The number of Topliss-reactive ketones (excluding diaryl/α,β-unsaturated/α-hetero) is 1. The van der Waals surface area contributed by atoms with Gasteiger partial charge in [-0.05, 0) is 48.4 Å².